The summed E-state index contributed by atoms with van der Waals surface area (Å²) in [4.78, 5) is 11.9. The van der Waals surface area contributed by atoms with E-state index in [9.17, 15) is 4.79 Å². The molecular weight excluding hydrogens is 212 g/mol. The largest absolute Gasteiger partial charge is 0.325 e. The maximum absolute atomic E-state index is 11.9. The first-order valence-electron chi connectivity index (χ1n) is 6.16. The van der Waals surface area contributed by atoms with Crippen LogP contribution in [0.25, 0.3) is 0 Å². The first-order valence-corrected chi connectivity index (χ1v) is 6.16. The Hall–Kier alpha value is -1.35. The summed E-state index contributed by atoms with van der Waals surface area (Å²) in [5.41, 5.74) is 2.03. The van der Waals surface area contributed by atoms with Crippen molar-refractivity contribution in [3.63, 3.8) is 0 Å². The van der Waals surface area contributed by atoms with Gasteiger partial charge in [0.15, 0.2) is 0 Å². The van der Waals surface area contributed by atoms with Crippen LogP contribution in [0.15, 0.2) is 24.3 Å². The number of carbonyl (C=O) groups is 1. The molecule has 1 aromatic carbocycles. The highest BCUT2D eigenvalue weighted by Gasteiger charge is 2.14. The number of hydrogen-bond acceptors (Lipinski definition) is 2. The summed E-state index contributed by atoms with van der Waals surface area (Å²) in [7, 11) is 0. The fourth-order valence-electron chi connectivity index (χ4n) is 1.51. The lowest BCUT2D eigenvalue weighted by atomic mass is 10.2. The second kappa shape index (κ2) is 6.40. The molecule has 0 spiro atoms. The molecule has 2 N–H and O–H groups in total. The Labute approximate surface area is 104 Å². The van der Waals surface area contributed by atoms with E-state index in [-0.39, 0.29) is 11.9 Å². The van der Waals surface area contributed by atoms with Gasteiger partial charge in [0.25, 0.3) is 0 Å². The number of benzene rings is 1. The van der Waals surface area contributed by atoms with Crippen molar-refractivity contribution in [2.75, 3.05) is 5.32 Å². The molecule has 0 bridgehead atoms. The van der Waals surface area contributed by atoms with Gasteiger partial charge in [-0.15, -0.1) is 0 Å². The van der Waals surface area contributed by atoms with Crippen LogP contribution in [0.2, 0.25) is 0 Å². The molecule has 94 valence electrons. The maximum atomic E-state index is 11.9. The van der Waals surface area contributed by atoms with Gasteiger partial charge < -0.3 is 10.6 Å². The fourth-order valence-corrected chi connectivity index (χ4v) is 1.51. The number of amides is 1. The normalized spacial score (nSPS) is 14.1. The predicted molar refractivity (Wildman–Crippen MR) is 72.2 cm³/mol. The molecule has 1 aromatic rings. The molecule has 0 radical (unpaired) electrons. The smallest absolute Gasteiger partial charge is 0.241 e. The van der Waals surface area contributed by atoms with Crippen molar-refractivity contribution in [2.45, 2.75) is 46.2 Å². The van der Waals surface area contributed by atoms with Crippen molar-refractivity contribution in [3.8, 4) is 0 Å². The predicted octanol–water partition coefficient (Wildman–Crippen LogP) is 2.71. The van der Waals surface area contributed by atoms with Gasteiger partial charge in [-0.3, -0.25) is 4.79 Å². The molecule has 0 saturated heterocycles. The zero-order valence-electron chi connectivity index (χ0n) is 11.1. The van der Waals surface area contributed by atoms with Gasteiger partial charge in [-0.1, -0.05) is 24.6 Å². The van der Waals surface area contributed by atoms with Gasteiger partial charge in [-0.05, 0) is 39.3 Å². The number of aryl methyl sites for hydroxylation is 1. The van der Waals surface area contributed by atoms with E-state index in [1.807, 2.05) is 38.1 Å². The van der Waals surface area contributed by atoms with Gasteiger partial charge in [0.05, 0.1) is 6.04 Å². The quantitative estimate of drug-likeness (QED) is 0.822. The Morgan fingerprint density at radius 3 is 2.35 bits per heavy atom. The summed E-state index contributed by atoms with van der Waals surface area (Å²) in [6.07, 6.45) is 1.02. The average molecular weight is 234 g/mol. The van der Waals surface area contributed by atoms with E-state index < -0.39 is 0 Å². The zero-order valence-corrected chi connectivity index (χ0v) is 11.1. The van der Waals surface area contributed by atoms with Crippen LogP contribution in [0.1, 0.15) is 32.8 Å². The van der Waals surface area contributed by atoms with Crippen molar-refractivity contribution in [1.82, 2.24) is 5.32 Å². The molecule has 0 aliphatic heterocycles. The van der Waals surface area contributed by atoms with Gasteiger partial charge in [0.1, 0.15) is 0 Å². The minimum Gasteiger partial charge on any atom is -0.325 e. The zero-order chi connectivity index (χ0) is 12.8. The molecule has 1 rings (SSSR count). The molecule has 2 atom stereocenters. The summed E-state index contributed by atoms with van der Waals surface area (Å²) >= 11 is 0. The minimum atomic E-state index is -0.175. The SMILES string of the molecule is CC[C@@H](C)N[C@H](C)C(=O)Nc1ccc(C)cc1. The van der Waals surface area contributed by atoms with E-state index >= 15 is 0 Å². The van der Waals surface area contributed by atoms with Crippen molar-refractivity contribution < 1.29 is 4.79 Å². The number of anilines is 1. The second-order valence-electron chi connectivity index (χ2n) is 4.55. The van der Waals surface area contributed by atoms with Crippen molar-refractivity contribution >= 4 is 11.6 Å². The Balaban J connectivity index is 2.51. The van der Waals surface area contributed by atoms with E-state index in [1.165, 1.54) is 5.56 Å². The third-order valence-corrected chi connectivity index (χ3v) is 2.86. The Morgan fingerprint density at radius 2 is 1.82 bits per heavy atom. The average Bonchev–Trinajstić information content (AvgIpc) is 2.31. The molecule has 3 heteroatoms. The Kier molecular flexibility index (Phi) is 5.16. The maximum Gasteiger partial charge on any atom is 0.241 e. The molecule has 0 heterocycles. The minimum absolute atomic E-state index is 0.00848. The molecule has 3 nitrogen and oxygen atoms in total. The molecule has 17 heavy (non-hydrogen) atoms. The van der Waals surface area contributed by atoms with E-state index in [1.54, 1.807) is 0 Å². The summed E-state index contributed by atoms with van der Waals surface area (Å²) in [5, 5.41) is 6.15. The topological polar surface area (TPSA) is 41.1 Å². The third kappa shape index (κ3) is 4.57. The Morgan fingerprint density at radius 1 is 1.24 bits per heavy atom. The molecule has 0 saturated carbocycles. The van der Waals surface area contributed by atoms with E-state index in [2.05, 4.69) is 24.5 Å². The van der Waals surface area contributed by atoms with Crippen molar-refractivity contribution in [2.24, 2.45) is 0 Å². The van der Waals surface area contributed by atoms with Gasteiger partial charge in [0, 0.05) is 11.7 Å². The van der Waals surface area contributed by atoms with Crippen LogP contribution in [0.5, 0.6) is 0 Å². The molecule has 0 fully saturated rings. The van der Waals surface area contributed by atoms with Gasteiger partial charge in [-0.25, -0.2) is 0 Å². The highest BCUT2D eigenvalue weighted by Crippen LogP contribution is 2.09. The first-order chi connectivity index (χ1) is 8.02. The lowest BCUT2D eigenvalue weighted by Crippen LogP contribution is -2.42. The monoisotopic (exact) mass is 234 g/mol. The van der Waals surface area contributed by atoms with E-state index in [4.69, 9.17) is 0 Å². The number of rotatable bonds is 5. The van der Waals surface area contributed by atoms with Gasteiger partial charge in [-0.2, -0.15) is 0 Å². The van der Waals surface area contributed by atoms with Crippen LogP contribution in [-0.2, 0) is 4.79 Å². The molecular formula is C14H22N2O. The first kappa shape index (κ1) is 13.7. The highest BCUT2D eigenvalue weighted by atomic mass is 16.2. The summed E-state index contributed by atoms with van der Waals surface area (Å²) in [6, 6.07) is 8.00. The molecule has 0 unspecified atom stereocenters. The fraction of sp³-hybridized carbons (Fsp3) is 0.500. The van der Waals surface area contributed by atoms with Crippen LogP contribution < -0.4 is 10.6 Å². The highest BCUT2D eigenvalue weighted by molar-refractivity contribution is 5.94. The lowest BCUT2D eigenvalue weighted by molar-refractivity contribution is -0.117. The summed E-state index contributed by atoms with van der Waals surface area (Å²) in [5.74, 6) is 0.00848. The molecule has 0 aliphatic carbocycles. The number of nitrogens with one attached hydrogen (secondary N) is 2. The number of hydrogen-bond donors (Lipinski definition) is 2. The summed E-state index contributed by atoms with van der Waals surface area (Å²) in [6.45, 7) is 8.09. The molecule has 1 amide bonds. The van der Waals surface area contributed by atoms with Crippen LogP contribution in [0, 0.1) is 6.92 Å². The van der Waals surface area contributed by atoms with Gasteiger partial charge in [0.2, 0.25) is 5.91 Å². The van der Waals surface area contributed by atoms with Crippen molar-refractivity contribution in [3.05, 3.63) is 29.8 Å². The lowest BCUT2D eigenvalue weighted by Gasteiger charge is -2.18. The van der Waals surface area contributed by atoms with E-state index in [0.717, 1.165) is 12.1 Å². The Bertz CT molecular complexity index is 359. The molecule has 0 aliphatic rings. The van der Waals surface area contributed by atoms with Crippen LogP contribution in [-0.4, -0.2) is 18.0 Å². The van der Waals surface area contributed by atoms with Crippen LogP contribution in [0.3, 0.4) is 0 Å². The van der Waals surface area contributed by atoms with Gasteiger partial charge >= 0.3 is 0 Å². The number of carbonyl (C=O) groups excluding carboxylic acids is 1. The summed E-state index contributed by atoms with van der Waals surface area (Å²) < 4.78 is 0. The standard InChI is InChI=1S/C14H22N2O/c1-5-11(3)15-12(4)14(17)16-13-8-6-10(2)7-9-13/h6-9,11-12,15H,5H2,1-4H3,(H,16,17)/t11-,12-/m1/s1. The van der Waals surface area contributed by atoms with Crippen LogP contribution >= 0.6 is 0 Å². The van der Waals surface area contributed by atoms with Crippen molar-refractivity contribution in [1.29, 1.82) is 0 Å². The van der Waals surface area contributed by atoms with E-state index in [0.29, 0.717) is 6.04 Å². The second-order valence-corrected chi connectivity index (χ2v) is 4.55. The molecule has 0 aromatic heterocycles. The third-order valence-electron chi connectivity index (χ3n) is 2.86. The van der Waals surface area contributed by atoms with Crippen LogP contribution in [0.4, 0.5) is 5.69 Å².